The van der Waals surface area contributed by atoms with Crippen LogP contribution in [0.2, 0.25) is 0 Å². The van der Waals surface area contributed by atoms with Crippen molar-refractivity contribution < 1.29 is 32.9 Å². The summed E-state index contributed by atoms with van der Waals surface area (Å²) in [6.45, 7) is 4.62. The molecule has 65 heavy (non-hydrogen) atoms. The van der Waals surface area contributed by atoms with Crippen molar-refractivity contribution in [1.82, 2.24) is 5.32 Å². The van der Waals surface area contributed by atoms with Crippen LogP contribution >= 0.6 is 7.82 Å². The minimum Gasteiger partial charge on any atom is -0.756 e. The molecule has 3 atom stereocenters. The number of carbonyl (C=O) groups is 1. The van der Waals surface area contributed by atoms with E-state index >= 15 is 0 Å². The topological polar surface area (TPSA) is 108 Å². The van der Waals surface area contributed by atoms with E-state index in [1.54, 1.807) is 6.08 Å². The highest BCUT2D eigenvalue weighted by molar-refractivity contribution is 7.45. The number of likely N-dealkylation sites (N-methyl/N-ethyl adjacent to an activating group) is 1. The maximum atomic E-state index is 12.9. The van der Waals surface area contributed by atoms with Gasteiger partial charge in [-0.1, -0.05) is 229 Å². The van der Waals surface area contributed by atoms with Crippen molar-refractivity contribution >= 4 is 13.7 Å². The van der Waals surface area contributed by atoms with Crippen molar-refractivity contribution in [2.75, 3.05) is 40.9 Å². The Balaban J connectivity index is 4.30. The summed E-state index contributed by atoms with van der Waals surface area (Å²) in [5.74, 6) is -0.214. The van der Waals surface area contributed by atoms with Crippen LogP contribution in [0.25, 0.3) is 0 Å². The zero-order chi connectivity index (χ0) is 47.8. The summed E-state index contributed by atoms with van der Waals surface area (Å²) in [7, 11) is 1.24. The monoisotopic (exact) mass is 935 g/mol. The van der Waals surface area contributed by atoms with Crippen molar-refractivity contribution in [3.05, 3.63) is 48.6 Å². The van der Waals surface area contributed by atoms with E-state index in [2.05, 4.69) is 55.6 Å². The number of unbranched alkanes of at least 4 members (excludes halogenated alkanes) is 31. The smallest absolute Gasteiger partial charge is 0.268 e. The van der Waals surface area contributed by atoms with Crippen molar-refractivity contribution in [1.29, 1.82) is 0 Å². The molecule has 0 rings (SSSR count). The van der Waals surface area contributed by atoms with Crippen LogP contribution in [0, 0.1) is 0 Å². The molecule has 0 fully saturated rings. The van der Waals surface area contributed by atoms with E-state index in [9.17, 15) is 19.4 Å². The number of aliphatic hydroxyl groups excluding tert-OH is 1. The fourth-order valence-corrected chi connectivity index (χ4v) is 8.63. The molecule has 8 nitrogen and oxygen atoms in total. The average molecular weight is 935 g/mol. The molecule has 3 unspecified atom stereocenters. The molecule has 0 aliphatic carbocycles. The van der Waals surface area contributed by atoms with Crippen LogP contribution in [0.1, 0.15) is 251 Å². The molecule has 0 saturated heterocycles. The molecule has 0 radical (unpaired) electrons. The molecule has 0 saturated carbocycles. The third-order valence-corrected chi connectivity index (χ3v) is 13.2. The van der Waals surface area contributed by atoms with E-state index in [4.69, 9.17) is 9.05 Å². The van der Waals surface area contributed by atoms with Crippen LogP contribution in [0.5, 0.6) is 0 Å². The minimum absolute atomic E-state index is 0.00887. The zero-order valence-corrected chi connectivity index (χ0v) is 44.3. The number of amides is 1. The predicted octanol–water partition coefficient (Wildman–Crippen LogP) is 15.7. The SMILES string of the molecule is CCCCCC/C=C\C/C=C\CCCCCCCCCC(=O)NC(COP(=O)([O-])OCC[N+](C)(C)C)C(O)/C=C/CC/C=C/CCCCCCCCCCCCCCCCCCCCC. The van der Waals surface area contributed by atoms with E-state index < -0.39 is 26.6 Å². The molecule has 0 aromatic heterocycles. The Bertz CT molecular complexity index is 1200. The highest BCUT2D eigenvalue weighted by Gasteiger charge is 2.23. The molecule has 9 heteroatoms. The van der Waals surface area contributed by atoms with E-state index in [0.717, 1.165) is 57.8 Å². The normalized spacial score (nSPS) is 14.4. The van der Waals surface area contributed by atoms with Gasteiger partial charge in [-0.15, -0.1) is 0 Å². The van der Waals surface area contributed by atoms with Crippen LogP contribution in [0.3, 0.4) is 0 Å². The number of hydrogen-bond acceptors (Lipinski definition) is 6. The molecular formula is C56H107N2O6P. The predicted molar refractivity (Wildman–Crippen MR) is 279 cm³/mol. The Kier molecular flexibility index (Phi) is 46.4. The molecule has 382 valence electrons. The summed E-state index contributed by atoms with van der Waals surface area (Å²) < 4.78 is 23.3. The Morgan fingerprint density at radius 1 is 0.538 bits per heavy atom. The van der Waals surface area contributed by atoms with E-state index in [1.807, 2.05) is 27.2 Å². The number of phosphoric acid groups is 1. The van der Waals surface area contributed by atoms with Gasteiger partial charge in [-0.05, 0) is 64.2 Å². The van der Waals surface area contributed by atoms with Gasteiger partial charge >= 0.3 is 0 Å². The molecule has 1 amide bonds. The summed E-state index contributed by atoms with van der Waals surface area (Å²) in [6.07, 6.45) is 61.8. The van der Waals surface area contributed by atoms with Crippen LogP contribution in [0.4, 0.5) is 0 Å². The number of hydrogen-bond donors (Lipinski definition) is 2. The van der Waals surface area contributed by atoms with Gasteiger partial charge in [-0.2, -0.15) is 0 Å². The number of rotatable bonds is 50. The second-order valence-corrected chi connectivity index (χ2v) is 21.3. The highest BCUT2D eigenvalue weighted by Crippen LogP contribution is 2.38. The molecule has 0 aromatic rings. The van der Waals surface area contributed by atoms with Crippen LogP contribution in [-0.2, 0) is 18.4 Å². The van der Waals surface area contributed by atoms with Crippen molar-refractivity contribution in [3.63, 3.8) is 0 Å². The maximum absolute atomic E-state index is 12.9. The minimum atomic E-state index is -4.61. The largest absolute Gasteiger partial charge is 0.756 e. The number of nitrogens with zero attached hydrogens (tertiary/aromatic N) is 1. The third-order valence-electron chi connectivity index (χ3n) is 12.3. The number of nitrogens with one attached hydrogen (secondary N) is 1. The Morgan fingerprint density at radius 2 is 0.908 bits per heavy atom. The first-order chi connectivity index (χ1) is 31.5. The number of phosphoric ester groups is 1. The van der Waals surface area contributed by atoms with Gasteiger partial charge in [-0.3, -0.25) is 9.36 Å². The Labute approximate surface area is 403 Å². The van der Waals surface area contributed by atoms with E-state index in [-0.39, 0.29) is 12.5 Å². The van der Waals surface area contributed by atoms with Gasteiger partial charge in [0.25, 0.3) is 7.82 Å². The van der Waals surface area contributed by atoms with Gasteiger partial charge in [0.05, 0.1) is 39.9 Å². The quantitative estimate of drug-likeness (QED) is 0.0272. The second-order valence-electron chi connectivity index (χ2n) is 19.9. The lowest BCUT2D eigenvalue weighted by atomic mass is 10.0. The Hall–Kier alpha value is -1.54. The Morgan fingerprint density at radius 3 is 1.35 bits per heavy atom. The lowest BCUT2D eigenvalue weighted by Crippen LogP contribution is -2.45. The van der Waals surface area contributed by atoms with Gasteiger partial charge < -0.3 is 28.8 Å². The first-order valence-corrected chi connectivity index (χ1v) is 29.0. The molecule has 0 aromatic carbocycles. The molecule has 0 bridgehead atoms. The van der Waals surface area contributed by atoms with Crippen LogP contribution in [0.15, 0.2) is 48.6 Å². The lowest BCUT2D eigenvalue weighted by molar-refractivity contribution is -0.870. The van der Waals surface area contributed by atoms with Gasteiger partial charge in [0.2, 0.25) is 5.91 Å². The number of aliphatic hydroxyl groups is 1. The second kappa shape index (κ2) is 47.5. The number of carbonyl (C=O) groups excluding carboxylic acids is 1. The number of allylic oxidation sites excluding steroid dienone is 7. The van der Waals surface area contributed by atoms with Gasteiger partial charge in [0, 0.05) is 6.42 Å². The number of quaternary nitrogens is 1. The van der Waals surface area contributed by atoms with Crippen molar-refractivity contribution in [2.24, 2.45) is 0 Å². The fourth-order valence-electron chi connectivity index (χ4n) is 7.91. The summed E-state index contributed by atoms with van der Waals surface area (Å²) >= 11 is 0. The molecule has 0 spiro atoms. The van der Waals surface area contributed by atoms with Gasteiger partial charge in [0.1, 0.15) is 13.2 Å². The molecule has 0 aliphatic heterocycles. The van der Waals surface area contributed by atoms with E-state index in [1.165, 1.54) is 173 Å². The molecule has 0 heterocycles. The first-order valence-electron chi connectivity index (χ1n) is 27.5. The molecular weight excluding hydrogens is 828 g/mol. The average Bonchev–Trinajstić information content (AvgIpc) is 3.26. The highest BCUT2D eigenvalue weighted by atomic mass is 31.2. The third kappa shape index (κ3) is 50.2. The van der Waals surface area contributed by atoms with Crippen LogP contribution in [-0.4, -0.2) is 68.5 Å². The summed E-state index contributed by atoms with van der Waals surface area (Å²) in [5.41, 5.74) is 0. The summed E-state index contributed by atoms with van der Waals surface area (Å²) in [6, 6.07) is -0.909. The van der Waals surface area contributed by atoms with Crippen molar-refractivity contribution in [2.45, 2.75) is 264 Å². The molecule has 2 N–H and O–H groups in total. The van der Waals surface area contributed by atoms with Gasteiger partial charge in [-0.25, -0.2) is 0 Å². The van der Waals surface area contributed by atoms with Gasteiger partial charge in [0.15, 0.2) is 0 Å². The van der Waals surface area contributed by atoms with Crippen LogP contribution < -0.4 is 10.2 Å². The molecule has 0 aliphatic rings. The van der Waals surface area contributed by atoms with Crippen molar-refractivity contribution in [3.8, 4) is 0 Å². The standard InChI is InChI=1S/C56H107N2O6P/c1-6-8-10-12-14-16-18-20-22-24-26-27-28-29-30-31-32-33-35-37-39-41-43-45-47-49-55(59)54(53-64-65(61,62)63-52-51-58(3,4)5)57-56(60)50-48-46-44-42-40-38-36-34-25-23-21-19-17-15-13-11-9-7-2/h17,19,23,25,39,41,47,49,54-55,59H,6-16,18,20-22,24,26-38,40,42-46,48,50-53H2,1-5H3,(H-,57,60,61,62)/b19-17-,25-23-,41-39+,49-47+. The summed E-state index contributed by atoms with van der Waals surface area (Å²) in [4.78, 5) is 25.4. The fraction of sp³-hybridized carbons (Fsp3) is 0.839. The summed E-state index contributed by atoms with van der Waals surface area (Å²) in [5, 5.41) is 13.8. The zero-order valence-electron chi connectivity index (χ0n) is 43.4. The first kappa shape index (κ1) is 63.5. The van der Waals surface area contributed by atoms with E-state index in [0.29, 0.717) is 17.4 Å². The lowest BCUT2D eigenvalue weighted by Gasteiger charge is -2.29. The maximum Gasteiger partial charge on any atom is 0.268 e.